The van der Waals surface area contributed by atoms with Gasteiger partial charge in [0.2, 0.25) is 5.91 Å². The molecule has 0 saturated heterocycles. The van der Waals surface area contributed by atoms with Crippen molar-refractivity contribution in [1.29, 1.82) is 5.26 Å². The van der Waals surface area contributed by atoms with Crippen LogP contribution < -0.4 is 5.73 Å². The molecule has 1 aromatic rings. The molecule has 3 nitrogen and oxygen atoms in total. The van der Waals surface area contributed by atoms with E-state index in [9.17, 15) is 9.18 Å². The highest BCUT2D eigenvalue weighted by atomic mass is 19.1. The molecule has 0 heterocycles. The fourth-order valence-corrected chi connectivity index (χ4v) is 1.11. The molecule has 1 amide bonds. The lowest BCUT2D eigenvalue weighted by molar-refractivity contribution is -0.120. The Morgan fingerprint density at radius 1 is 1.64 bits per heavy atom. The molecule has 1 rings (SSSR count). The average molecular weight is 192 g/mol. The van der Waals surface area contributed by atoms with Crippen LogP contribution in [-0.2, 0) is 11.2 Å². The third-order valence-electron chi connectivity index (χ3n) is 1.83. The number of carbonyl (C=O) groups excluding carboxylic acids is 1. The number of halogens is 1. The molecule has 0 bridgehead atoms. The maximum absolute atomic E-state index is 12.7. The number of rotatable bonds is 3. The molecule has 1 aromatic carbocycles. The Labute approximate surface area is 81.0 Å². The average Bonchev–Trinajstić information content (AvgIpc) is 2.14. The third kappa shape index (κ3) is 2.56. The van der Waals surface area contributed by atoms with E-state index in [2.05, 4.69) is 0 Å². The van der Waals surface area contributed by atoms with Crippen molar-refractivity contribution in [3.63, 3.8) is 0 Å². The summed E-state index contributed by atoms with van der Waals surface area (Å²) in [6, 6.07) is 7.54. The van der Waals surface area contributed by atoms with Gasteiger partial charge < -0.3 is 5.73 Å². The van der Waals surface area contributed by atoms with Crippen LogP contribution in [-0.4, -0.2) is 5.91 Å². The number of carbonyl (C=O) groups is 1. The van der Waals surface area contributed by atoms with Gasteiger partial charge in [-0.2, -0.15) is 5.26 Å². The molecule has 0 aliphatic carbocycles. The number of nitriles is 1. The number of amides is 1. The van der Waals surface area contributed by atoms with E-state index >= 15 is 0 Å². The zero-order valence-electron chi connectivity index (χ0n) is 7.40. The molecule has 0 radical (unpaired) electrons. The molecule has 0 fully saturated rings. The Morgan fingerprint density at radius 2 is 2.36 bits per heavy atom. The van der Waals surface area contributed by atoms with Crippen LogP contribution in [0.1, 0.15) is 5.56 Å². The molecule has 0 saturated carbocycles. The summed E-state index contributed by atoms with van der Waals surface area (Å²) in [7, 11) is 0. The Bertz CT molecular complexity index is 384. The number of hydrogen-bond acceptors (Lipinski definition) is 2. The van der Waals surface area contributed by atoms with Crippen molar-refractivity contribution in [1.82, 2.24) is 0 Å². The number of nitrogens with two attached hydrogens (primary N) is 1. The van der Waals surface area contributed by atoms with E-state index < -0.39 is 11.8 Å². The van der Waals surface area contributed by atoms with E-state index in [0.29, 0.717) is 5.56 Å². The number of benzene rings is 1. The topological polar surface area (TPSA) is 66.9 Å². The molecule has 72 valence electrons. The van der Waals surface area contributed by atoms with Gasteiger partial charge in [-0.3, -0.25) is 4.79 Å². The van der Waals surface area contributed by atoms with Crippen molar-refractivity contribution >= 4 is 5.91 Å². The summed E-state index contributed by atoms with van der Waals surface area (Å²) >= 11 is 0. The second kappa shape index (κ2) is 4.38. The van der Waals surface area contributed by atoms with Gasteiger partial charge in [0.1, 0.15) is 11.7 Å². The molecule has 2 N–H and O–H groups in total. The molecular formula is C10H9FN2O. The van der Waals surface area contributed by atoms with E-state index in [0.717, 1.165) is 0 Å². The normalized spacial score (nSPS) is 11.7. The first-order chi connectivity index (χ1) is 6.63. The Morgan fingerprint density at radius 3 is 2.86 bits per heavy atom. The third-order valence-corrected chi connectivity index (χ3v) is 1.83. The van der Waals surface area contributed by atoms with Crippen molar-refractivity contribution in [2.24, 2.45) is 11.7 Å². The van der Waals surface area contributed by atoms with Gasteiger partial charge in [-0.05, 0) is 24.1 Å². The van der Waals surface area contributed by atoms with Gasteiger partial charge in [0.25, 0.3) is 0 Å². The fourth-order valence-electron chi connectivity index (χ4n) is 1.11. The monoisotopic (exact) mass is 192 g/mol. The Balaban J connectivity index is 2.78. The van der Waals surface area contributed by atoms with Crippen LogP contribution in [0.3, 0.4) is 0 Å². The van der Waals surface area contributed by atoms with Gasteiger partial charge in [0.15, 0.2) is 0 Å². The van der Waals surface area contributed by atoms with Crippen LogP contribution in [0.5, 0.6) is 0 Å². The first kappa shape index (κ1) is 10.2. The van der Waals surface area contributed by atoms with E-state index in [4.69, 9.17) is 11.0 Å². The van der Waals surface area contributed by atoms with Crippen LogP contribution in [0.2, 0.25) is 0 Å². The van der Waals surface area contributed by atoms with E-state index in [1.165, 1.54) is 18.2 Å². The zero-order chi connectivity index (χ0) is 10.6. The maximum atomic E-state index is 12.7. The summed E-state index contributed by atoms with van der Waals surface area (Å²) in [6.45, 7) is 0. The van der Waals surface area contributed by atoms with Gasteiger partial charge in [-0.1, -0.05) is 12.1 Å². The predicted octanol–water partition coefficient (Wildman–Crippen LogP) is 0.993. The zero-order valence-corrected chi connectivity index (χ0v) is 7.40. The second-order valence-corrected chi connectivity index (χ2v) is 2.92. The number of primary amides is 1. The largest absolute Gasteiger partial charge is 0.369 e. The van der Waals surface area contributed by atoms with Crippen LogP contribution in [0.15, 0.2) is 24.3 Å². The van der Waals surface area contributed by atoms with Crippen LogP contribution in [0.4, 0.5) is 4.39 Å². The summed E-state index contributed by atoms with van der Waals surface area (Å²) in [6.07, 6.45) is 0.156. The summed E-state index contributed by atoms with van der Waals surface area (Å²) < 4.78 is 12.7. The maximum Gasteiger partial charge on any atom is 0.235 e. The second-order valence-electron chi connectivity index (χ2n) is 2.92. The highest BCUT2D eigenvalue weighted by molar-refractivity contribution is 5.79. The first-order valence-electron chi connectivity index (χ1n) is 4.07. The quantitative estimate of drug-likeness (QED) is 0.776. The van der Waals surface area contributed by atoms with Gasteiger partial charge in [-0.15, -0.1) is 0 Å². The van der Waals surface area contributed by atoms with Crippen molar-refractivity contribution in [3.05, 3.63) is 35.6 Å². The van der Waals surface area contributed by atoms with Gasteiger partial charge >= 0.3 is 0 Å². The van der Waals surface area contributed by atoms with Crippen molar-refractivity contribution < 1.29 is 9.18 Å². The Kier molecular flexibility index (Phi) is 3.19. The molecule has 0 aromatic heterocycles. The number of hydrogen-bond donors (Lipinski definition) is 1. The lowest BCUT2D eigenvalue weighted by Gasteiger charge is -2.04. The highest BCUT2D eigenvalue weighted by Gasteiger charge is 2.14. The van der Waals surface area contributed by atoms with Gasteiger partial charge in [0.05, 0.1) is 6.07 Å². The first-order valence-corrected chi connectivity index (χ1v) is 4.07. The lowest BCUT2D eigenvalue weighted by atomic mass is 10.0. The molecule has 1 unspecified atom stereocenters. The number of nitrogens with zero attached hydrogens (tertiary/aromatic N) is 1. The molecule has 0 aliphatic heterocycles. The minimum Gasteiger partial charge on any atom is -0.369 e. The molecule has 0 spiro atoms. The standard InChI is InChI=1S/C10H9FN2O/c11-9-3-1-2-7(5-9)4-8(6-12)10(13)14/h1-3,5,8H,4H2,(H2,13,14). The molecule has 4 heteroatoms. The molecule has 1 atom stereocenters. The summed E-state index contributed by atoms with van der Waals surface area (Å²) in [5.41, 5.74) is 5.57. The minimum atomic E-state index is -0.892. The van der Waals surface area contributed by atoms with E-state index in [1.54, 1.807) is 12.1 Å². The molecule has 0 aliphatic rings. The smallest absolute Gasteiger partial charge is 0.235 e. The van der Waals surface area contributed by atoms with E-state index in [1.807, 2.05) is 0 Å². The lowest BCUT2D eigenvalue weighted by Crippen LogP contribution is -2.23. The van der Waals surface area contributed by atoms with Crippen molar-refractivity contribution in [2.75, 3.05) is 0 Å². The summed E-state index contributed by atoms with van der Waals surface area (Å²) in [5.74, 6) is -1.96. The summed E-state index contributed by atoms with van der Waals surface area (Å²) in [5, 5.41) is 8.58. The van der Waals surface area contributed by atoms with Crippen molar-refractivity contribution in [3.8, 4) is 6.07 Å². The SMILES string of the molecule is N#CC(Cc1cccc(F)c1)C(N)=O. The fraction of sp³-hybridized carbons (Fsp3) is 0.200. The van der Waals surface area contributed by atoms with Crippen LogP contribution in [0.25, 0.3) is 0 Å². The van der Waals surface area contributed by atoms with E-state index in [-0.39, 0.29) is 12.2 Å². The minimum absolute atomic E-state index is 0.156. The van der Waals surface area contributed by atoms with Crippen LogP contribution in [0, 0.1) is 23.1 Å². The summed E-state index contributed by atoms with van der Waals surface area (Å²) in [4.78, 5) is 10.7. The molecular weight excluding hydrogens is 183 g/mol. The molecule has 14 heavy (non-hydrogen) atoms. The van der Waals surface area contributed by atoms with Gasteiger partial charge in [-0.25, -0.2) is 4.39 Å². The predicted molar refractivity (Wildman–Crippen MR) is 48.4 cm³/mol. The van der Waals surface area contributed by atoms with Crippen molar-refractivity contribution in [2.45, 2.75) is 6.42 Å². The van der Waals surface area contributed by atoms with Crippen LogP contribution >= 0.6 is 0 Å². The highest BCUT2D eigenvalue weighted by Crippen LogP contribution is 2.09. The van der Waals surface area contributed by atoms with Gasteiger partial charge in [0, 0.05) is 0 Å². The Hall–Kier alpha value is -1.89.